The monoisotopic (exact) mass is 279 g/mol. The Bertz CT molecular complexity index is 471. The maximum Gasteiger partial charge on any atom is 0.325 e. The molecule has 0 aromatic carbocycles. The van der Waals surface area contributed by atoms with E-state index in [-0.39, 0.29) is 19.2 Å². The zero-order valence-corrected chi connectivity index (χ0v) is 11.5. The highest BCUT2D eigenvalue weighted by molar-refractivity contribution is 5.93. The van der Waals surface area contributed by atoms with E-state index in [1.807, 2.05) is 6.92 Å². The lowest BCUT2D eigenvalue weighted by Gasteiger charge is -2.02. The van der Waals surface area contributed by atoms with Gasteiger partial charge in [-0.15, -0.1) is 0 Å². The van der Waals surface area contributed by atoms with E-state index < -0.39 is 11.9 Å². The summed E-state index contributed by atoms with van der Waals surface area (Å²) >= 11 is 0. The molecule has 0 aliphatic carbocycles. The summed E-state index contributed by atoms with van der Waals surface area (Å²) in [7, 11) is 0. The average Bonchev–Trinajstić information content (AvgIpc) is 2.45. The summed E-state index contributed by atoms with van der Waals surface area (Å²) in [5.41, 5.74) is 0.653. The maximum atomic E-state index is 11.4. The Morgan fingerprint density at radius 3 is 2.55 bits per heavy atom. The molecule has 0 aliphatic heterocycles. The number of rotatable bonds is 7. The van der Waals surface area contributed by atoms with Crippen LogP contribution >= 0.6 is 0 Å². The minimum absolute atomic E-state index is 0.156. The van der Waals surface area contributed by atoms with Gasteiger partial charge in [0.1, 0.15) is 6.54 Å². The minimum Gasteiger partial charge on any atom is -0.465 e. The summed E-state index contributed by atoms with van der Waals surface area (Å²) in [5, 5.41) is 2.40. The van der Waals surface area contributed by atoms with Crippen LogP contribution < -0.4 is 10.1 Å². The van der Waals surface area contributed by atoms with Crippen LogP contribution in [0, 0.1) is 0 Å². The first-order valence-electron chi connectivity index (χ1n) is 6.22. The first-order valence-corrected chi connectivity index (χ1v) is 6.22. The second-order valence-electron chi connectivity index (χ2n) is 3.59. The average molecular weight is 279 g/mol. The number of carbonyl (C=O) groups excluding carboxylic acids is 2. The van der Waals surface area contributed by atoms with Gasteiger partial charge in [0.25, 0.3) is 0 Å². The van der Waals surface area contributed by atoms with Crippen molar-refractivity contribution in [3.05, 3.63) is 24.0 Å². The van der Waals surface area contributed by atoms with Gasteiger partial charge in [-0.05, 0) is 19.9 Å². The van der Waals surface area contributed by atoms with Crippen molar-refractivity contribution in [2.75, 3.05) is 19.8 Å². The minimum atomic E-state index is -0.473. The van der Waals surface area contributed by atoms with Crippen LogP contribution in [-0.2, 0) is 14.3 Å². The molecule has 1 aromatic rings. The fourth-order valence-corrected chi connectivity index (χ4v) is 1.22. The van der Waals surface area contributed by atoms with Gasteiger partial charge in [-0.25, -0.2) is 9.97 Å². The van der Waals surface area contributed by atoms with Gasteiger partial charge in [-0.3, -0.25) is 9.59 Å². The first-order chi connectivity index (χ1) is 9.65. The Hall–Kier alpha value is -2.44. The van der Waals surface area contributed by atoms with E-state index in [0.717, 1.165) is 0 Å². The molecule has 0 unspecified atom stereocenters. The third-order valence-electron chi connectivity index (χ3n) is 2.06. The number of hydrogen-bond donors (Lipinski definition) is 1. The Morgan fingerprint density at radius 2 is 1.95 bits per heavy atom. The van der Waals surface area contributed by atoms with Crippen molar-refractivity contribution in [3.63, 3.8) is 0 Å². The fraction of sp³-hybridized carbons (Fsp3) is 0.385. The molecule has 0 saturated carbocycles. The summed E-state index contributed by atoms with van der Waals surface area (Å²) in [6.45, 7) is 4.16. The summed E-state index contributed by atoms with van der Waals surface area (Å²) in [5.74, 6) is -0.870. The van der Waals surface area contributed by atoms with Crippen LogP contribution in [0.3, 0.4) is 0 Å². The van der Waals surface area contributed by atoms with Gasteiger partial charge >= 0.3 is 12.0 Å². The van der Waals surface area contributed by atoms with Crippen LogP contribution in [0.15, 0.2) is 18.5 Å². The predicted molar refractivity (Wildman–Crippen MR) is 71.9 cm³/mol. The highest BCUT2D eigenvalue weighted by atomic mass is 16.5. The molecule has 0 spiro atoms. The smallest absolute Gasteiger partial charge is 0.325 e. The molecule has 0 radical (unpaired) electrons. The Kier molecular flexibility index (Phi) is 6.74. The molecule has 1 N–H and O–H groups in total. The molecule has 0 fully saturated rings. The van der Waals surface area contributed by atoms with E-state index in [9.17, 15) is 9.59 Å². The fourth-order valence-electron chi connectivity index (χ4n) is 1.22. The number of ether oxygens (including phenoxy) is 2. The number of esters is 1. The van der Waals surface area contributed by atoms with E-state index in [4.69, 9.17) is 4.74 Å². The van der Waals surface area contributed by atoms with Gasteiger partial charge in [0, 0.05) is 24.0 Å². The lowest BCUT2D eigenvalue weighted by atomic mass is 10.3. The van der Waals surface area contributed by atoms with Crippen LogP contribution in [0.1, 0.15) is 19.4 Å². The Morgan fingerprint density at radius 1 is 1.25 bits per heavy atom. The van der Waals surface area contributed by atoms with E-state index >= 15 is 0 Å². The van der Waals surface area contributed by atoms with Gasteiger partial charge in [-0.2, -0.15) is 0 Å². The number of carbonyl (C=O) groups is 2. The largest absolute Gasteiger partial charge is 0.465 e. The van der Waals surface area contributed by atoms with E-state index in [1.165, 1.54) is 24.5 Å². The quantitative estimate of drug-likeness (QED) is 0.579. The topological polar surface area (TPSA) is 90.4 Å². The molecule has 0 aliphatic rings. The molecule has 7 nitrogen and oxygen atoms in total. The van der Waals surface area contributed by atoms with Crippen LogP contribution in [-0.4, -0.2) is 41.6 Å². The number of hydrogen-bond acceptors (Lipinski definition) is 6. The van der Waals surface area contributed by atoms with E-state index in [0.29, 0.717) is 12.2 Å². The van der Waals surface area contributed by atoms with Crippen LogP contribution in [0.2, 0.25) is 0 Å². The van der Waals surface area contributed by atoms with E-state index in [1.54, 1.807) is 6.92 Å². The molecular weight excluding hydrogens is 262 g/mol. The number of nitrogens with zero attached hydrogens (tertiary/aromatic N) is 2. The summed E-state index contributed by atoms with van der Waals surface area (Å²) in [6.07, 6.45) is 5.90. The van der Waals surface area contributed by atoms with Crippen LogP contribution in [0.25, 0.3) is 6.08 Å². The molecule has 0 saturated heterocycles. The Labute approximate surface area is 117 Å². The molecule has 1 amide bonds. The molecule has 20 heavy (non-hydrogen) atoms. The molecular formula is C13H17N3O4. The molecule has 1 aromatic heterocycles. The highest BCUT2D eigenvalue weighted by Crippen LogP contribution is 2.03. The first kappa shape index (κ1) is 15.6. The Balaban J connectivity index is 2.42. The summed E-state index contributed by atoms with van der Waals surface area (Å²) in [4.78, 5) is 30.4. The second-order valence-corrected chi connectivity index (χ2v) is 3.59. The number of nitrogens with one attached hydrogen (secondary N) is 1. The second kappa shape index (κ2) is 8.63. The van der Waals surface area contributed by atoms with Gasteiger partial charge < -0.3 is 14.8 Å². The third-order valence-corrected chi connectivity index (χ3v) is 2.06. The summed E-state index contributed by atoms with van der Waals surface area (Å²) in [6, 6.07) is 0.288. The van der Waals surface area contributed by atoms with Crippen molar-refractivity contribution in [1.29, 1.82) is 0 Å². The standard InChI is InChI=1S/C13H17N3O4/c1-3-19-12(18)9-14-11(17)6-5-10-7-15-13(16-8-10)20-4-2/h5-8H,3-4,9H2,1-2H3,(H,14,17)/b6-5+. The van der Waals surface area contributed by atoms with Crippen molar-refractivity contribution in [3.8, 4) is 6.01 Å². The predicted octanol–water partition coefficient (Wildman–Crippen LogP) is 0.568. The van der Waals surface area contributed by atoms with Crippen molar-refractivity contribution in [2.24, 2.45) is 0 Å². The number of amides is 1. The molecule has 0 atom stereocenters. The molecule has 7 heteroatoms. The van der Waals surface area contributed by atoms with Crippen molar-refractivity contribution < 1.29 is 19.1 Å². The third kappa shape index (κ3) is 5.94. The summed E-state index contributed by atoms with van der Waals surface area (Å²) < 4.78 is 9.78. The lowest BCUT2D eigenvalue weighted by Crippen LogP contribution is -2.29. The zero-order valence-electron chi connectivity index (χ0n) is 11.5. The van der Waals surface area contributed by atoms with Gasteiger partial charge in [0.2, 0.25) is 5.91 Å². The molecule has 1 heterocycles. The molecule has 108 valence electrons. The van der Waals surface area contributed by atoms with Crippen molar-refractivity contribution in [2.45, 2.75) is 13.8 Å². The lowest BCUT2D eigenvalue weighted by molar-refractivity contribution is -0.143. The maximum absolute atomic E-state index is 11.4. The van der Waals surface area contributed by atoms with E-state index in [2.05, 4.69) is 20.0 Å². The number of aromatic nitrogens is 2. The van der Waals surface area contributed by atoms with Crippen molar-refractivity contribution in [1.82, 2.24) is 15.3 Å². The highest BCUT2D eigenvalue weighted by Gasteiger charge is 2.03. The van der Waals surface area contributed by atoms with Gasteiger partial charge in [0.05, 0.1) is 13.2 Å². The SMILES string of the molecule is CCOC(=O)CNC(=O)/C=C/c1cnc(OCC)nc1. The van der Waals surface area contributed by atoms with Gasteiger partial charge in [0.15, 0.2) is 0 Å². The molecule has 0 bridgehead atoms. The van der Waals surface area contributed by atoms with Crippen LogP contribution in [0.5, 0.6) is 6.01 Å². The van der Waals surface area contributed by atoms with Crippen LogP contribution in [0.4, 0.5) is 0 Å². The normalized spacial score (nSPS) is 10.3. The molecule has 1 rings (SSSR count). The zero-order chi connectivity index (χ0) is 14.8. The van der Waals surface area contributed by atoms with Gasteiger partial charge in [-0.1, -0.05) is 0 Å². The van der Waals surface area contributed by atoms with Crippen molar-refractivity contribution >= 4 is 18.0 Å².